The van der Waals surface area contributed by atoms with E-state index >= 15 is 0 Å². The van der Waals surface area contributed by atoms with Gasteiger partial charge in [0.1, 0.15) is 0 Å². The van der Waals surface area contributed by atoms with Gasteiger partial charge in [0.05, 0.1) is 7.11 Å². The van der Waals surface area contributed by atoms with Gasteiger partial charge in [-0.05, 0) is 53.2 Å². The number of methoxy groups -OCH3 is 1. The summed E-state index contributed by atoms with van der Waals surface area (Å²) in [6.07, 6.45) is 4.09. The topological polar surface area (TPSA) is 99.2 Å². The van der Waals surface area contributed by atoms with E-state index in [2.05, 4.69) is 10.5 Å². The molecule has 1 aromatic carbocycles. The monoisotopic (exact) mass is 372 g/mol. The normalized spacial score (nSPS) is 19.6. The van der Waals surface area contributed by atoms with Crippen LogP contribution in [0.4, 0.5) is 0 Å². The third-order valence-electron chi connectivity index (χ3n) is 5.17. The fourth-order valence-electron chi connectivity index (χ4n) is 3.84. The first-order valence-electron chi connectivity index (χ1n) is 8.55. The molecule has 0 bridgehead atoms. The minimum absolute atomic E-state index is 0.0955. The number of ether oxygens (including phenoxy) is 1. The van der Waals surface area contributed by atoms with Crippen LogP contribution in [0, 0.1) is 11.8 Å². The van der Waals surface area contributed by atoms with Crippen molar-refractivity contribution in [3.8, 4) is 5.19 Å². The Balaban J connectivity index is 1.73. The van der Waals surface area contributed by atoms with E-state index in [4.69, 9.17) is 10.6 Å². The molecular formula is C18H20N4O3S. The number of nitrogens with two attached hydrogens (primary N) is 1. The second-order valence-corrected chi connectivity index (χ2v) is 7.60. The van der Waals surface area contributed by atoms with Crippen molar-refractivity contribution < 1.29 is 9.53 Å². The quantitative estimate of drug-likeness (QED) is 0.455. The average Bonchev–Trinajstić information content (AvgIpc) is 3.34. The molecule has 2 atom stereocenters. The molecule has 1 saturated carbocycles. The number of carbonyl (C=O) groups is 1. The SMILES string of the molecule is COc1nn(CC(C2CC2)C2C(C(=O)NN)=Cc3ccccc32)c(=O)s1. The molecule has 2 aliphatic carbocycles. The number of nitrogens with one attached hydrogen (secondary N) is 1. The van der Waals surface area contributed by atoms with Crippen LogP contribution in [0.5, 0.6) is 5.19 Å². The first-order valence-corrected chi connectivity index (χ1v) is 9.37. The third-order valence-corrected chi connectivity index (χ3v) is 5.98. The maximum Gasteiger partial charge on any atom is 0.328 e. The lowest BCUT2D eigenvalue weighted by Gasteiger charge is -2.26. The van der Waals surface area contributed by atoms with Crippen molar-refractivity contribution in [2.75, 3.05) is 7.11 Å². The van der Waals surface area contributed by atoms with E-state index in [0.717, 1.165) is 35.3 Å². The molecule has 1 aromatic heterocycles. The summed E-state index contributed by atoms with van der Waals surface area (Å²) in [5, 5.41) is 4.60. The first kappa shape index (κ1) is 17.0. The van der Waals surface area contributed by atoms with E-state index in [1.54, 1.807) is 0 Å². The van der Waals surface area contributed by atoms with Crippen molar-refractivity contribution in [1.82, 2.24) is 15.2 Å². The second kappa shape index (κ2) is 6.69. The summed E-state index contributed by atoms with van der Waals surface area (Å²) in [6.45, 7) is 0.456. The Morgan fingerprint density at radius 3 is 2.88 bits per heavy atom. The molecule has 2 unspecified atom stereocenters. The van der Waals surface area contributed by atoms with Crippen molar-refractivity contribution in [2.45, 2.75) is 25.3 Å². The second-order valence-electron chi connectivity index (χ2n) is 6.70. The van der Waals surface area contributed by atoms with Crippen LogP contribution < -0.4 is 20.9 Å². The maximum absolute atomic E-state index is 12.4. The predicted octanol–water partition coefficient (Wildman–Crippen LogP) is 1.51. The van der Waals surface area contributed by atoms with Gasteiger partial charge in [-0.2, -0.15) is 0 Å². The van der Waals surface area contributed by atoms with E-state index in [9.17, 15) is 9.59 Å². The van der Waals surface area contributed by atoms with Crippen molar-refractivity contribution >= 4 is 23.3 Å². The largest absolute Gasteiger partial charge is 0.472 e. The summed E-state index contributed by atoms with van der Waals surface area (Å²) in [5.74, 6) is 5.60. The zero-order chi connectivity index (χ0) is 18.3. The van der Waals surface area contributed by atoms with Crippen molar-refractivity contribution in [2.24, 2.45) is 17.7 Å². The summed E-state index contributed by atoms with van der Waals surface area (Å²) < 4.78 is 6.55. The van der Waals surface area contributed by atoms with Crippen molar-refractivity contribution in [3.05, 3.63) is 50.6 Å². The summed E-state index contributed by atoms with van der Waals surface area (Å²) in [7, 11) is 1.50. The van der Waals surface area contributed by atoms with E-state index in [1.165, 1.54) is 11.8 Å². The Morgan fingerprint density at radius 1 is 1.46 bits per heavy atom. The summed E-state index contributed by atoms with van der Waals surface area (Å²) in [5.41, 5.74) is 5.06. The lowest BCUT2D eigenvalue weighted by atomic mass is 9.80. The van der Waals surface area contributed by atoms with Crippen molar-refractivity contribution in [3.63, 3.8) is 0 Å². The van der Waals surface area contributed by atoms with Gasteiger partial charge < -0.3 is 4.74 Å². The van der Waals surface area contributed by atoms with Gasteiger partial charge in [0.2, 0.25) is 0 Å². The van der Waals surface area contributed by atoms with Gasteiger partial charge in [-0.3, -0.25) is 15.0 Å². The van der Waals surface area contributed by atoms with Gasteiger partial charge in [-0.25, -0.2) is 10.5 Å². The molecule has 8 heteroatoms. The molecule has 1 heterocycles. The van der Waals surface area contributed by atoms with Gasteiger partial charge in [0, 0.05) is 18.0 Å². The standard InChI is InChI=1S/C18H20N4O3S/c1-25-17-21-22(18(24)26-17)9-14(10-6-7-10)15-12-5-3-2-4-11(12)8-13(15)16(23)20-19/h2-5,8,10,14-15H,6-7,9,19H2,1H3,(H,20,23). The molecule has 0 aliphatic heterocycles. The minimum atomic E-state index is -0.278. The number of aromatic nitrogens is 2. The average molecular weight is 372 g/mol. The third kappa shape index (κ3) is 2.95. The molecule has 0 saturated heterocycles. The molecule has 26 heavy (non-hydrogen) atoms. The van der Waals surface area contributed by atoms with Gasteiger partial charge in [-0.1, -0.05) is 24.3 Å². The van der Waals surface area contributed by atoms with Crippen LogP contribution in [-0.4, -0.2) is 22.8 Å². The molecule has 0 spiro atoms. The number of hydrogen-bond donors (Lipinski definition) is 2. The molecule has 1 fully saturated rings. The Bertz CT molecular complexity index is 929. The molecular weight excluding hydrogens is 352 g/mol. The van der Waals surface area contributed by atoms with Crippen LogP contribution in [-0.2, 0) is 11.3 Å². The minimum Gasteiger partial charge on any atom is -0.472 e. The van der Waals surface area contributed by atoms with Crippen LogP contribution in [0.2, 0.25) is 0 Å². The van der Waals surface area contributed by atoms with E-state index < -0.39 is 0 Å². The van der Waals surface area contributed by atoms with Gasteiger partial charge in [0.15, 0.2) is 0 Å². The maximum atomic E-state index is 12.4. The number of carbonyl (C=O) groups excluding carboxylic acids is 1. The predicted molar refractivity (Wildman–Crippen MR) is 98.6 cm³/mol. The zero-order valence-electron chi connectivity index (χ0n) is 14.3. The summed E-state index contributed by atoms with van der Waals surface area (Å²) in [4.78, 5) is 24.5. The van der Waals surface area contributed by atoms with E-state index in [1.807, 2.05) is 30.3 Å². The number of benzene rings is 1. The number of amides is 1. The number of hydrazine groups is 1. The van der Waals surface area contributed by atoms with E-state index in [0.29, 0.717) is 23.2 Å². The highest BCUT2D eigenvalue weighted by Gasteiger charge is 2.43. The van der Waals surface area contributed by atoms with Crippen LogP contribution >= 0.6 is 11.3 Å². The van der Waals surface area contributed by atoms with Crippen LogP contribution in [0.25, 0.3) is 6.08 Å². The summed E-state index contributed by atoms with van der Waals surface area (Å²) >= 11 is 0.988. The van der Waals surface area contributed by atoms with Crippen LogP contribution in [0.1, 0.15) is 29.9 Å². The molecule has 2 aromatic rings. The highest BCUT2D eigenvalue weighted by Crippen LogP contribution is 2.50. The van der Waals surface area contributed by atoms with Gasteiger partial charge in [-0.15, -0.1) is 5.10 Å². The number of rotatable bonds is 6. The lowest BCUT2D eigenvalue weighted by Crippen LogP contribution is -2.35. The number of nitrogens with zero attached hydrogens (tertiary/aromatic N) is 2. The Labute approximate surface area is 154 Å². The molecule has 136 valence electrons. The molecule has 0 radical (unpaired) electrons. The fourth-order valence-corrected chi connectivity index (χ4v) is 4.43. The van der Waals surface area contributed by atoms with Crippen molar-refractivity contribution in [1.29, 1.82) is 0 Å². The summed E-state index contributed by atoms with van der Waals surface area (Å²) in [6, 6.07) is 7.98. The smallest absolute Gasteiger partial charge is 0.328 e. The first-order chi connectivity index (χ1) is 12.6. The van der Waals surface area contributed by atoms with Crippen LogP contribution in [0.15, 0.2) is 34.6 Å². The highest BCUT2D eigenvalue weighted by atomic mass is 32.1. The Hall–Kier alpha value is -2.45. The highest BCUT2D eigenvalue weighted by molar-refractivity contribution is 7.10. The van der Waals surface area contributed by atoms with Gasteiger partial charge >= 0.3 is 4.87 Å². The Kier molecular flexibility index (Phi) is 4.37. The fraction of sp³-hybridized carbons (Fsp3) is 0.389. The zero-order valence-corrected chi connectivity index (χ0v) is 15.2. The lowest BCUT2D eigenvalue weighted by molar-refractivity contribution is -0.117. The Morgan fingerprint density at radius 2 is 2.23 bits per heavy atom. The molecule has 7 nitrogen and oxygen atoms in total. The van der Waals surface area contributed by atoms with Crippen LogP contribution in [0.3, 0.4) is 0 Å². The van der Waals surface area contributed by atoms with Gasteiger partial charge in [0.25, 0.3) is 11.1 Å². The molecule has 1 amide bonds. The molecule has 2 aliphatic rings. The molecule has 3 N–H and O–H groups in total. The number of hydrogen-bond acceptors (Lipinski definition) is 6. The molecule has 4 rings (SSSR count). The van der Waals surface area contributed by atoms with E-state index in [-0.39, 0.29) is 22.6 Å². The number of fused-ring (bicyclic) bond motifs is 1.